The topological polar surface area (TPSA) is 54.4 Å². The molecule has 1 N–H and O–H groups in total. The minimum absolute atomic E-state index is 0. The van der Waals surface area contributed by atoms with E-state index in [9.17, 15) is 4.79 Å². The van der Waals surface area contributed by atoms with Crippen molar-refractivity contribution in [3.8, 4) is 0 Å². The second kappa shape index (κ2) is 9.33. The molecule has 1 heterocycles. The van der Waals surface area contributed by atoms with Crippen LogP contribution in [0.25, 0.3) is 10.2 Å². The lowest BCUT2D eigenvalue weighted by molar-refractivity contribution is -0.115. The molecule has 1 amide bonds. The average molecular weight is 346 g/mol. The second-order valence-corrected chi connectivity index (χ2v) is 6.91. The molecule has 24 heavy (non-hydrogen) atoms. The average Bonchev–Trinajstić information content (AvgIpc) is 2.97. The molecule has 3 rings (SSSR count). The molecule has 0 saturated heterocycles. The molecule has 0 aliphatic heterocycles. The highest BCUT2D eigenvalue weighted by Crippen LogP contribution is 2.26. The molecular formula is C19H27N3OS. The summed E-state index contributed by atoms with van der Waals surface area (Å²) in [6, 6.07) is 6.04. The van der Waals surface area contributed by atoms with E-state index in [1.165, 1.54) is 54.7 Å². The number of hydrogen-bond acceptors (Lipinski definition) is 4. The first-order valence-corrected chi connectivity index (χ1v) is 9.16. The molecule has 0 bridgehead atoms. The van der Waals surface area contributed by atoms with Crippen LogP contribution in [0.4, 0.5) is 5.13 Å². The van der Waals surface area contributed by atoms with Gasteiger partial charge in [-0.3, -0.25) is 9.79 Å². The first kappa shape index (κ1) is 18.3. The number of thiazole rings is 1. The number of aliphatic imine (C=N–C) groups is 1. The number of carbonyl (C=O) groups is 1. The normalized spacial score (nSPS) is 13.8. The van der Waals surface area contributed by atoms with Crippen LogP contribution in [0.1, 0.15) is 45.5 Å². The molecule has 1 aromatic heterocycles. The number of rotatable bonds is 3. The lowest BCUT2D eigenvalue weighted by Gasteiger charge is -2.10. The highest BCUT2D eigenvalue weighted by Gasteiger charge is 2.06. The zero-order chi connectivity index (χ0) is 17.4. The van der Waals surface area contributed by atoms with E-state index in [-0.39, 0.29) is 7.33 Å². The number of aromatic nitrogens is 1. The van der Waals surface area contributed by atoms with E-state index in [0.717, 1.165) is 10.2 Å². The van der Waals surface area contributed by atoms with Crippen LogP contribution < -0.4 is 5.32 Å². The quantitative estimate of drug-likeness (QED) is 0.759. The van der Waals surface area contributed by atoms with Crippen molar-refractivity contribution in [2.24, 2.45) is 4.99 Å². The first-order chi connectivity index (χ1) is 11.6. The zero-order valence-corrected chi connectivity index (χ0v) is 15.3. The van der Waals surface area contributed by atoms with Crippen molar-refractivity contribution in [3.05, 3.63) is 36.4 Å². The summed E-state index contributed by atoms with van der Waals surface area (Å²) >= 11 is 1.49. The molecule has 1 aliphatic rings. The van der Waals surface area contributed by atoms with Gasteiger partial charge in [0.15, 0.2) is 5.13 Å². The van der Waals surface area contributed by atoms with Crippen molar-refractivity contribution >= 4 is 38.3 Å². The summed E-state index contributed by atoms with van der Waals surface area (Å²) in [5.74, 6) is -0.0780. The van der Waals surface area contributed by atoms with Crippen molar-refractivity contribution in [2.45, 2.75) is 45.4 Å². The predicted molar refractivity (Wildman–Crippen MR) is 106 cm³/mol. The second-order valence-electron chi connectivity index (χ2n) is 5.88. The molecular weight excluding hydrogens is 318 g/mol. The van der Waals surface area contributed by atoms with E-state index >= 15 is 0 Å². The minimum Gasteiger partial charge on any atom is -0.302 e. The van der Waals surface area contributed by atoms with Gasteiger partial charge in [-0.2, -0.15) is 0 Å². The fraction of sp³-hybridized carbons (Fsp3) is 0.421. The summed E-state index contributed by atoms with van der Waals surface area (Å²) in [6.45, 7) is 5.56. The maximum Gasteiger partial charge on any atom is 0.229 e. The van der Waals surface area contributed by atoms with E-state index in [2.05, 4.69) is 27.9 Å². The highest BCUT2D eigenvalue weighted by atomic mass is 32.1. The number of anilines is 1. The zero-order valence-electron chi connectivity index (χ0n) is 14.5. The van der Waals surface area contributed by atoms with Gasteiger partial charge < -0.3 is 5.32 Å². The summed E-state index contributed by atoms with van der Waals surface area (Å²) < 4.78 is 1.09. The molecule has 130 valence electrons. The molecule has 0 unspecified atom stereocenters. The summed E-state index contributed by atoms with van der Waals surface area (Å²) in [6.07, 6.45) is 8.56. The lowest BCUT2D eigenvalue weighted by Crippen LogP contribution is -2.09. The molecule has 2 aromatic rings. The van der Waals surface area contributed by atoms with E-state index in [1.807, 2.05) is 26.1 Å². The van der Waals surface area contributed by atoms with E-state index in [1.54, 1.807) is 6.08 Å². The van der Waals surface area contributed by atoms with Crippen LogP contribution >= 0.6 is 11.3 Å². The van der Waals surface area contributed by atoms with Crippen molar-refractivity contribution in [2.75, 3.05) is 12.4 Å². The van der Waals surface area contributed by atoms with Crippen LogP contribution in [0.3, 0.4) is 0 Å². The summed E-state index contributed by atoms with van der Waals surface area (Å²) in [5, 5.41) is 3.39. The van der Waals surface area contributed by atoms with Crippen molar-refractivity contribution < 1.29 is 6.22 Å². The smallest absolute Gasteiger partial charge is 0.229 e. The fourth-order valence-corrected chi connectivity index (χ4v) is 3.55. The standard InChI is InChI=1S/C12H12N2OS.C7H13N.H2/c1-3-4-11(15)14-12-13-9-6-5-8(2)7-10(9)16-12;1-8-7-5-3-2-4-6-7;/h3,5-7H,1,4H2,2H3,(H,13,14,15);2-6H2,1H3;1H. The maximum absolute atomic E-state index is 11.3. The van der Waals surface area contributed by atoms with Gasteiger partial charge in [0.05, 0.1) is 10.2 Å². The monoisotopic (exact) mass is 345 g/mol. The van der Waals surface area contributed by atoms with Gasteiger partial charge in [0.1, 0.15) is 0 Å². The molecule has 1 aromatic carbocycles. The lowest BCUT2D eigenvalue weighted by atomic mass is 9.99. The highest BCUT2D eigenvalue weighted by molar-refractivity contribution is 7.22. The van der Waals surface area contributed by atoms with Crippen LogP contribution in [-0.4, -0.2) is 23.7 Å². The van der Waals surface area contributed by atoms with E-state index < -0.39 is 0 Å². The number of carbonyl (C=O) groups excluding carboxylic acids is 1. The van der Waals surface area contributed by atoms with Gasteiger partial charge in [0.2, 0.25) is 5.91 Å². The van der Waals surface area contributed by atoms with E-state index in [0.29, 0.717) is 11.6 Å². The Morgan fingerprint density at radius 3 is 2.79 bits per heavy atom. The Labute approximate surface area is 149 Å². The Morgan fingerprint density at radius 2 is 2.17 bits per heavy atom. The van der Waals surface area contributed by atoms with Crippen LogP contribution in [0.15, 0.2) is 35.8 Å². The Bertz CT molecular complexity index is 731. The van der Waals surface area contributed by atoms with Gasteiger partial charge in [-0.1, -0.05) is 29.9 Å². The Morgan fingerprint density at radius 1 is 1.42 bits per heavy atom. The van der Waals surface area contributed by atoms with Gasteiger partial charge in [0, 0.05) is 20.6 Å². The number of benzene rings is 1. The fourth-order valence-electron chi connectivity index (χ4n) is 2.57. The van der Waals surface area contributed by atoms with Crippen LogP contribution in [0.5, 0.6) is 0 Å². The van der Waals surface area contributed by atoms with Gasteiger partial charge in [-0.15, -0.1) is 6.58 Å². The molecule has 0 atom stereocenters. The van der Waals surface area contributed by atoms with Crippen LogP contribution in [-0.2, 0) is 4.79 Å². The maximum atomic E-state index is 11.3. The summed E-state index contributed by atoms with van der Waals surface area (Å²) in [7, 11) is 1.90. The van der Waals surface area contributed by atoms with Crippen LogP contribution in [0.2, 0.25) is 0 Å². The number of amides is 1. The SMILES string of the molecule is C=CCC(=O)Nc1nc2ccc(C)cc2s1.CN=C1CCCCC1.[HH]. The molecule has 5 heteroatoms. The number of aryl methyl sites for hydroxylation is 1. The molecule has 1 saturated carbocycles. The number of nitrogens with one attached hydrogen (secondary N) is 1. The number of hydrogen-bond donors (Lipinski definition) is 1. The molecule has 0 radical (unpaired) electrons. The van der Waals surface area contributed by atoms with Gasteiger partial charge >= 0.3 is 0 Å². The van der Waals surface area contributed by atoms with Gasteiger partial charge in [-0.05, 0) is 50.3 Å². The van der Waals surface area contributed by atoms with Gasteiger partial charge in [-0.25, -0.2) is 4.98 Å². The van der Waals surface area contributed by atoms with Crippen molar-refractivity contribution in [3.63, 3.8) is 0 Å². The van der Waals surface area contributed by atoms with Crippen LogP contribution in [0, 0.1) is 6.92 Å². The Balaban J connectivity index is 0.000000295. The molecule has 0 spiro atoms. The predicted octanol–water partition coefficient (Wildman–Crippen LogP) is 5.39. The largest absolute Gasteiger partial charge is 0.302 e. The molecule has 1 fully saturated rings. The summed E-state index contributed by atoms with van der Waals surface area (Å²) in [5.41, 5.74) is 3.54. The number of fused-ring (bicyclic) bond motifs is 1. The van der Waals surface area contributed by atoms with E-state index in [4.69, 9.17) is 0 Å². The Kier molecular flexibility index (Phi) is 7.12. The third-order valence-electron chi connectivity index (χ3n) is 3.87. The molecule has 4 nitrogen and oxygen atoms in total. The number of nitrogens with zero attached hydrogens (tertiary/aromatic N) is 2. The third-order valence-corrected chi connectivity index (χ3v) is 4.80. The third kappa shape index (κ3) is 5.57. The van der Waals surface area contributed by atoms with Crippen molar-refractivity contribution in [1.82, 2.24) is 4.98 Å². The Hall–Kier alpha value is -2.01. The first-order valence-electron chi connectivity index (χ1n) is 8.35. The van der Waals surface area contributed by atoms with Crippen molar-refractivity contribution in [1.29, 1.82) is 0 Å². The minimum atomic E-state index is -0.0780. The summed E-state index contributed by atoms with van der Waals surface area (Å²) in [4.78, 5) is 19.8. The molecule has 1 aliphatic carbocycles. The van der Waals surface area contributed by atoms with Gasteiger partial charge in [0.25, 0.3) is 0 Å².